The molecular formula is C27H33ClFN5O5S. The summed E-state index contributed by atoms with van der Waals surface area (Å²) in [4.78, 5) is 48.6. The first-order valence-corrected chi connectivity index (χ1v) is 15.0. The van der Waals surface area contributed by atoms with Crippen LogP contribution in [0.4, 0.5) is 9.18 Å². The number of rotatable bonds is 8. The minimum Gasteiger partial charge on any atom is -0.433 e. The predicted molar refractivity (Wildman–Crippen MR) is 145 cm³/mol. The smallest absolute Gasteiger partial charge is 0.433 e. The number of amides is 2. The highest BCUT2D eigenvalue weighted by molar-refractivity contribution is 8.00. The minimum absolute atomic E-state index is 0.0910. The first kappa shape index (κ1) is 28.9. The van der Waals surface area contributed by atoms with Crippen molar-refractivity contribution in [1.82, 2.24) is 20.2 Å². The number of hydrogen-bond donors (Lipinski definition) is 1. The van der Waals surface area contributed by atoms with E-state index >= 15 is 0 Å². The lowest BCUT2D eigenvalue weighted by molar-refractivity contribution is -0.158. The fourth-order valence-electron chi connectivity index (χ4n) is 5.65. The molecule has 216 valence electrons. The molecule has 5 rings (SSSR count). The van der Waals surface area contributed by atoms with Crippen LogP contribution in [0.1, 0.15) is 45.4 Å². The number of nitrogens with one attached hydrogen (secondary N) is 1. The number of thioether (sulfide) groups is 1. The lowest BCUT2D eigenvalue weighted by atomic mass is 9.93. The number of hydroxylamine groups is 2. The Balaban J connectivity index is 1.24. The fraction of sp³-hybridized carbons (Fsp3) is 0.630. The molecule has 2 amide bonds. The van der Waals surface area contributed by atoms with Gasteiger partial charge in [-0.1, -0.05) is 11.6 Å². The molecule has 3 atom stereocenters. The third kappa shape index (κ3) is 6.33. The Morgan fingerprint density at radius 3 is 2.55 bits per heavy atom. The number of piperidine rings is 1. The van der Waals surface area contributed by atoms with E-state index in [9.17, 15) is 24.0 Å². The number of benzene rings is 1. The molecule has 0 spiro atoms. The van der Waals surface area contributed by atoms with Crippen molar-refractivity contribution in [3.63, 3.8) is 0 Å². The van der Waals surface area contributed by atoms with E-state index in [-0.39, 0.29) is 35.8 Å². The number of nitrogens with zero attached hydrogens (tertiary/aromatic N) is 4. The Kier molecular flexibility index (Phi) is 8.75. The predicted octanol–water partition coefficient (Wildman–Crippen LogP) is 3.34. The normalized spacial score (nSPS) is 26.4. The van der Waals surface area contributed by atoms with Gasteiger partial charge in [-0.25, -0.2) is 9.18 Å². The second kappa shape index (κ2) is 12.1. The fourth-order valence-corrected chi connectivity index (χ4v) is 7.14. The van der Waals surface area contributed by atoms with E-state index in [0.29, 0.717) is 55.2 Å². The molecule has 0 bridgehead atoms. The van der Waals surface area contributed by atoms with Crippen LogP contribution in [-0.2, 0) is 19.2 Å². The molecule has 3 saturated heterocycles. The number of carbonyl (C=O) groups excluding carboxylic acids is 3. The molecule has 1 unspecified atom stereocenters. The van der Waals surface area contributed by atoms with Gasteiger partial charge in [-0.05, 0) is 63.6 Å². The largest absolute Gasteiger partial charge is 0.527 e. The maximum Gasteiger partial charge on any atom is 0.527 e. The molecule has 4 aliphatic rings. The number of ether oxygens (including phenoxy) is 1. The lowest BCUT2D eigenvalue weighted by Crippen LogP contribution is -2.63. The molecule has 40 heavy (non-hydrogen) atoms. The standard InChI is InChI=1S/C27H33ClFN5O5S/c1-2-38-26(37)39-32-10-5-18(6-11-32)33-12-7-21(33)25(36)34-15-19(40-23-4-3-17(29)13-20(23)28)14-22(34)24(35)31-27(16-30)8-9-27/h3-4,13,18-19,21-22H,2,5-12,14-15H2,1H3,(H,31,35)/t19-,21?,22+/m1/s1. The lowest BCUT2D eigenvalue weighted by Gasteiger charge is -2.48. The molecule has 0 aromatic heterocycles. The number of carbonyl (C=O) groups is 3. The summed E-state index contributed by atoms with van der Waals surface area (Å²) in [6, 6.07) is 5.53. The van der Waals surface area contributed by atoms with Gasteiger partial charge in [-0.15, -0.1) is 16.8 Å². The summed E-state index contributed by atoms with van der Waals surface area (Å²) >= 11 is 7.69. The Hall–Kier alpha value is -2.59. The van der Waals surface area contributed by atoms with Crippen LogP contribution >= 0.6 is 23.4 Å². The maximum atomic E-state index is 13.9. The van der Waals surface area contributed by atoms with E-state index in [1.807, 2.05) is 0 Å². The van der Waals surface area contributed by atoms with Crippen LogP contribution < -0.4 is 5.32 Å². The summed E-state index contributed by atoms with van der Waals surface area (Å²) in [6.45, 7) is 4.19. The molecule has 0 radical (unpaired) electrons. The highest BCUT2D eigenvalue weighted by Crippen LogP contribution is 2.40. The third-order valence-electron chi connectivity index (χ3n) is 8.07. The summed E-state index contributed by atoms with van der Waals surface area (Å²) in [5.41, 5.74) is -0.834. The molecule has 1 aromatic rings. The Bertz CT molecular complexity index is 1190. The molecule has 4 fully saturated rings. The van der Waals surface area contributed by atoms with Gasteiger partial charge in [-0.3, -0.25) is 14.5 Å². The van der Waals surface area contributed by atoms with E-state index in [1.54, 1.807) is 23.0 Å². The van der Waals surface area contributed by atoms with E-state index in [0.717, 1.165) is 19.4 Å². The average Bonchev–Trinajstić information content (AvgIpc) is 3.54. The van der Waals surface area contributed by atoms with Crippen LogP contribution in [0.3, 0.4) is 0 Å². The topological polar surface area (TPSA) is 115 Å². The van der Waals surface area contributed by atoms with E-state index in [2.05, 4.69) is 16.3 Å². The first-order chi connectivity index (χ1) is 19.2. The van der Waals surface area contributed by atoms with Gasteiger partial charge in [0.05, 0.1) is 23.7 Å². The van der Waals surface area contributed by atoms with Crippen LogP contribution in [0.25, 0.3) is 0 Å². The molecule has 13 heteroatoms. The van der Waals surface area contributed by atoms with Gasteiger partial charge in [0, 0.05) is 42.4 Å². The van der Waals surface area contributed by atoms with Crippen molar-refractivity contribution in [3.8, 4) is 6.07 Å². The SMILES string of the molecule is CCOC(=O)ON1CCC(N2CCC2C(=O)N2C[C@H](Sc3ccc(F)cc3Cl)C[C@H]2C(=O)NC2(C#N)CC2)CC1. The zero-order chi connectivity index (χ0) is 28.4. The average molecular weight is 594 g/mol. The van der Waals surface area contributed by atoms with Crippen molar-refractivity contribution >= 4 is 41.3 Å². The second-order valence-electron chi connectivity index (χ2n) is 10.7. The van der Waals surface area contributed by atoms with Crippen LogP contribution in [-0.4, -0.2) is 94.5 Å². The number of hydrogen-bond acceptors (Lipinski definition) is 9. The molecule has 1 saturated carbocycles. The number of halogens is 2. The van der Waals surface area contributed by atoms with Crippen LogP contribution in [0.15, 0.2) is 23.1 Å². The van der Waals surface area contributed by atoms with Crippen LogP contribution in [0.2, 0.25) is 5.02 Å². The molecule has 1 aliphatic carbocycles. The first-order valence-electron chi connectivity index (χ1n) is 13.7. The monoisotopic (exact) mass is 593 g/mol. The zero-order valence-electron chi connectivity index (χ0n) is 22.3. The molecule has 1 N–H and O–H groups in total. The summed E-state index contributed by atoms with van der Waals surface area (Å²) in [6.07, 6.45) is 3.08. The van der Waals surface area contributed by atoms with Gasteiger partial charge in [0.1, 0.15) is 17.4 Å². The van der Waals surface area contributed by atoms with E-state index < -0.39 is 23.6 Å². The van der Waals surface area contributed by atoms with Crippen LogP contribution in [0, 0.1) is 17.1 Å². The second-order valence-corrected chi connectivity index (χ2v) is 12.5. The molecule has 3 heterocycles. The van der Waals surface area contributed by atoms with Crippen molar-refractivity contribution in [2.75, 3.05) is 32.8 Å². The third-order valence-corrected chi connectivity index (χ3v) is 9.78. The summed E-state index contributed by atoms with van der Waals surface area (Å²) in [5.74, 6) is -0.827. The van der Waals surface area contributed by atoms with Crippen molar-refractivity contribution in [2.24, 2.45) is 0 Å². The highest BCUT2D eigenvalue weighted by atomic mass is 35.5. The van der Waals surface area contributed by atoms with E-state index in [4.69, 9.17) is 21.2 Å². The molecule has 1 aromatic carbocycles. The van der Waals surface area contributed by atoms with Gasteiger partial charge in [0.2, 0.25) is 11.8 Å². The maximum absolute atomic E-state index is 13.9. The van der Waals surface area contributed by atoms with Crippen molar-refractivity contribution < 1.29 is 28.3 Å². The Labute approximate surface area is 242 Å². The van der Waals surface area contributed by atoms with Gasteiger partial charge < -0.3 is 19.8 Å². The van der Waals surface area contributed by atoms with Crippen molar-refractivity contribution in [3.05, 3.63) is 29.0 Å². The number of likely N-dealkylation sites (tertiary alicyclic amines) is 2. The Morgan fingerprint density at radius 2 is 1.95 bits per heavy atom. The highest BCUT2D eigenvalue weighted by Gasteiger charge is 2.50. The minimum atomic E-state index is -0.834. The van der Waals surface area contributed by atoms with Crippen LogP contribution in [0.5, 0.6) is 0 Å². The van der Waals surface area contributed by atoms with Gasteiger partial charge in [0.25, 0.3) is 0 Å². The summed E-state index contributed by atoms with van der Waals surface area (Å²) in [7, 11) is 0. The van der Waals surface area contributed by atoms with Gasteiger partial charge >= 0.3 is 6.16 Å². The van der Waals surface area contributed by atoms with Gasteiger partial charge in [-0.2, -0.15) is 5.26 Å². The molecule has 10 nitrogen and oxygen atoms in total. The summed E-state index contributed by atoms with van der Waals surface area (Å²) in [5, 5.41) is 14.1. The number of nitriles is 1. The summed E-state index contributed by atoms with van der Waals surface area (Å²) < 4.78 is 18.4. The molecule has 3 aliphatic heterocycles. The zero-order valence-corrected chi connectivity index (χ0v) is 23.9. The quantitative estimate of drug-likeness (QED) is 0.453. The Morgan fingerprint density at radius 1 is 1.20 bits per heavy atom. The van der Waals surface area contributed by atoms with Gasteiger partial charge in [0.15, 0.2) is 0 Å². The van der Waals surface area contributed by atoms with E-state index in [1.165, 1.54) is 23.9 Å². The molecular weight excluding hydrogens is 561 g/mol. The van der Waals surface area contributed by atoms with Crippen molar-refractivity contribution in [2.45, 2.75) is 79.3 Å². The van der Waals surface area contributed by atoms with Crippen molar-refractivity contribution in [1.29, 1.82) is 5.26 Å².